The molecule has 0 fully saturated rings. The van der Waals surface area contributed by atoms with Crippen molar-refractivity contribution in [3.05, 3.63) is 0 Å². The van der Waals surface area contributed by atoms with E-state index in [2.05, 4.69) is 48.5 Å². The van der Waals surface area contributed by atoms with Gasteiger partial charge in [0.25, 0.3) is 0 Å². The number of rotatable bonds is 10. The standard InChI is InChI=1S/C17H36O3/c1-10-16(6,7)19-14(4)11-17(8,9)20-15(5)12-18-13(2)3/h13-15H,10-12H2,1-9H3. The molecule has 0 aliphatic carbocycles. The Kier molecular flexibility index (Phi) is 8.30. The van der Waals surface area contributed by atoms with E-state index < -0.39 is 0 Å². The molecule has 0 bridgehead atoms. The quantitative estimate of drug-likeness (QED) is 0.589. The highest BCUT2D eigenvalue weighted by molar-refractivity contribution is 4.77. The lowest BCUT2D eigenvalue weighted by atomic mass is 9.99. The van der Waals surface area contributed by atoms with E-state index in [4.69, 9.17) is 14.2 Å². The minimum absolute atomic E-state index is 0.0676. The summed E-state index contributed by atoms with van der Waals surface area (Å²) >= 11 is 0. The predicted molar refractivity (Wildman–Crippen MR) is 85.2 cm³/mol. The molecule has 0 aliphatic rings. The SMILES string of the molecule is CCC(C)(C)OC(C)CC(C)(C)OC(C)COC(C)C. The van der Waals surface area contributed by atoms with Crippen molar-refractivity contribution in [3.63, 3.8) is 0 Å². The molecule has 0 rings (SSSR count). The molecule has 20 heavy (non-hydrogen) atoms. The highest BCUT2D eigenvalue weighted by atomic mass is 16.6. The molecule has 122 valence electrons. The summed E-state index contributed by atoms with van der Waals surface area (Å²) in [6, 6.07) is 0. The van der Waals surface area contributed by atoms with Gasteiger partial charge in [-0.05, 0) is 61.8 Å². The smallest absolute Gasteiger partial charge is 0.0787 e. The van der Waals surface area contributed by atoms with Gasteiger partial charge in [-0.25, -0.2) is 0 Å². The van der Waals surface area contributed by atoms with Crippen LogP contribution in [-0.2, 0) is 14.2 Å². The van der Waals surface area contributed by atoms with Crippen molar-refractivity contribution in [2.75, 3.05) is 6.61 Å². The molecule has 0 aliphatic heterocycles. The van der Waals surface area contributed by atoms with Crippen molar-refractivity contribution in [1.82, 2.24) is 0 Å². The molecule has 3 nitrogen and oxygen atoms in total. The van der Waals surface area contributed by atoms with Crippen LogP contribution in [0.15, 0.2) is 0 Å². The molecule has 0 amide bonds. The second-order valence-electron chi connectivity index (χ2n) is 7.32. The summed E-state index contributed by atoms with van der Waals surface area (Å²) in [6.07, 6.45) is 2.41. The first-order valence-corrected chi connectivity index (χ1v) is 7.94. The Balaban J connectivity index is 4.22. The maximum atomic E-state index is 6.10. The average Bonchev–Trinajstić information content (AvgIpc) is 2.23. The van der Waals surface area contributed by atoms with Crippen LogP contribution >= 0.6 is 0 Å². The first kappa shape index (κ1) is 19.9. The Labute approximate surface area is 126 Å². The fourth-order valence-corrected chi connectivity index (χ4v) is 2.32. The maximum Gasteiger partial charge on any atom is 0.0787 e. The first-order chi connectivity index (χ1) is 8.97. The van der Waals surface area contributed by atoms with Gasteiger partial charge in [0.05, 0.1) is 36.1 Å². The fraction of sp³-hybridized carbons (Fsp3) is 1.00. The van der Waals surface area contributed by atoms with Gasteiger partial charge < -0.3 is 14.2 Å². The summed E-state index contributed by atoms with van der Waals surface area (Å²) in [5.74, 6) is 0. The second-order valence-corrected chi connectivity index (χ2v) is 7.32. The van der Waals surface area contributed by atoms with Crippen LogP contribution < -0.4 is 0 Å². The lowest BCUT2D eigenvalue weighted by molar-refractivity contribution is -0.138. The normalized spacial score (nSPS) is 16.5. The zero-order valence-corrected chi connectivity index (χ0v) is 15.1. The third-order valence-electron chi connectivity index (χ3n) is 3.34. The van der Waals surface area contributed by atoms with Gasteiger partial charge in [-0.15, -0.1) is 0 Å². The van der Waals surface area contributed by atoms with Crippen LogP contribution in [0.4, 0.5) is 0 Å². The van der Waals surface area contributed by atoms with Crippen molar-refractivity contribution in [3.8, 4) is 0 Å². The first-order valence-electron chi connectivity index (χ1n) is 7.94. The van der Waals surface area contributed by atoms with Crippen molar-refractivity contribution in [2.24, 2.45) is 0 Å². The van der Waals surface area contributed by atoms with E-state index in [1.165, 1.54) is 0 Å². The van der Waals surface area contributed by atoms with Gasteiger partial charge in [0, 0.05) is 6.42 Å². The van der Waals surface area contributed by atoms with E-state index in [0.717, 1.165) is 12.8 Å². The largest absolute Gasteiger partial charge is 0.376 e. The molecule has 0 radical (unpaired) electrons. The van der Waals surface area contributed by atoms with E-state index in [-0.39, 0.29) is 29.5 Å². The van der Waals surface area contributed by atoms with Crippen LogP contribution in [0.2, 0.25) is 0 Å². The van der Waals surface area contributed by atoms with E-state index >= 15 is 0 Å². The monoisotopic (exact) mass is 288 g/mol. The summed E-state index contributed by atoms with van der Waals surface area (Å²) < 4.78 is 17.8. The minimum atomic E-state index is -0.205. The summed E-state index contributed by atoms with van der Waals surface area (Å²) in [5.41, 5.74) is -0.273. The van der Waals surface area contributed by atoms with Gasteiger partial charge in [-0.2, -0.15) is 0 Å². The van der Waals surface area contributed by atoms with Crippen molar-refractivity contribution in [2.45, 2.75) is 105 Å². The molecule has 0 aromatic heterocycles. The van der Waals surface area contributed by atoms with Crippen molar-refractivity contribution in [1.29, 1.82) is 0 Å². The van der Waals surface area contributed by atoms with Gasteiger partial charge >= 0.3 is 0 Å². The molecule has 0 saturated heterocycles. The summed E-state index contributed by atoms with van der Waals surface area (Å²) in [6.45, 7) is 19.6. The van der Waals surface area contributed by atoms with E-state index in [0.29, 0.717) is 6.61 Å². The Bertz CT molecular complexity index is 259. The molecule has 0 spiro atoms. The Morgan fingerprint density at radius 1 is 0.800 bits per heavy atom. The summed E-state index contributed by atoms with van der Waals surface area (Å²) in [7, 11) is 0. The van der Waals surface area contributed by atoms with Gasteiger partial charge in [0.15, 0.2) is 0 Å². The van der Waals surface area contributed by atoms with Gasteiger partial charge in [0.1, 0.15) is 0 Å². The third-order valence-corrected chi connectivity index (χ3v) is 3.34. The number of hydrogen-bond donors (Lipinski definition) is 0. The summed E-state index contributed by atoms with van der Waals surface area (Å²) in [5, 5.41) is 0. The van der Waals surface area contributed by atoms with E-state index in [9.17, 15) is 0 Å². The lowest BCUT2D eigenvalue weighted by Crippen LogP contribution is -2.38. The zero-order chi connectivity index (χ0) is 16.0. The van der Waals surface area contributed by atoms with Gasteiger partial charge in [0.2, 0.25) is 0 Å². The van der Waals surface area contributed by atoms with E-state index in [1.807, 2.05) is 13.8 Å². The Morgan fingerprint density at radius 2 is 1.30 bits per heavy atom. The molecule has 0 heterocycles. The molecular formula is C17H36O3. The molecule has 2 atom stereocenters. The molecule has 0 aromatic carbocycles. The zero-order valence-electron chi connectivity index (χ0n) is 15.1. The van der Waals surface area contributed by atoms with Gasteiger partial charge in [-0.3, -0.25) is 0 Å². The highest BCUT2D eigenvalue weighted by Gasteiger charge is 2.28. The molecule has 3 heteroatoms. The second kappa shape index (κ2) is 8.35. The predicted octanol–water partition coefficient (Wildman–Crippen LogP) is 4.58. The maximum absolute atomic E-state index is 6.10. The van der Waals surface area contributed by atoms with Crippen molar-refractivity contribution < 1.29 is 14.2 Å². The molecular weight excluding hydrogens is 252 g/mol. The third kappa shape index (κ3) is 9.73. The van der Waals surface area contributed by atoms with Gasteiger partial charge in [-0.1, -0.05) is 6.92 Å². The molecule has 2 unspecified atom stereocenters. The van der Waals surface area contributed by atoms with Crippen LogP contribution in [0.3, 0.4) is 0 Å². The topological polar surface area (TPSA) is 27.7 Å². The van der Waals surface area contributed by atoms with Crippen LogP contribution in [0.25, 0.3) is 0 Å². The van der Waals surface area contributed by atoms with Crippen LogP contribution in [0.5, 0.6) is 0 Å². The average molecular weight is 288 g/mol. The number of hydrogen-bond acceptors (Lipinski definition) is 3. The lowest BCUT2D eigenvalue weighted by Gasteiger charge is -2.35. The minimum Gasteiger partial charge on any atom is -0.376 e. The summed E-state index contributed by atoms with van der Waals surface area (Å²) in [4.78, 5) is 0. The molecule has 0 N–H and O–H groups in total. The van der Waals surface area contributed by atoms with E-state index in [1.54, 1.807) is 0 Å². The Hall–Kier alpha value is -0.120. The van der Waals surface area contributed by atoms with Crippen LogP contribution in [-0.4, -0.2) is 36.1 Å². The van der Waals surface area contributed by atoms with Crippen LogP contribution in [0.1, 0.15) is 75.2 Å². The molecule has 0 aromatic rings. The van der Waals surface area contributed by atoms with Crippen molar-refractivity contribution >= 4 is 0 Å². The molecule has 0 saturated carbocycles. The fourth-order valence-electron chi connectivity index (χ4n) is 2.32. The number of ether oxygens (including phenoxy) is 3. The highest BCUT2D eigenvalue weighted by Crippen LogP contribution is 2.25. The van der Waals surface area contributed by atoms with Crippen LogP contribution in [0, 0.1) is 0 Å². The Morgan fingerprint density at radius 3 is 1.75 bits per heavy atom.